The molecule has 0 saturated carbocycles. The molecule has 20 heavy (non-hydrogen) atoms. The quantitative estimate of drug-likeness (QED) is 0.932. The summed E-state index contributed by atoms with van der Waals surface area (Å²) in [5.41, 5.74) is 6.36. The lowest BCUT2D eigenvalue weighted by atomic mass is 10.0. The summed E-state index contributed by atoms with van der Waals surface area (Å²) in [6, 6.07) is 4.95. The van der Waals surface area contributed by atoms with Crippen LogP contribution in [0.2, 0.25) is 5.02 Å². The Labute approximate surface area is 126 Å². The summed E-state index contributed by atoms with van der Waals surface area (Å²) in [6.07, 6.45) is 2.87. The molecule has 1 aliphatic rings. The molecule has 2 rings (SSSR count). The summed E-state index contributed by atoms with van der Waals surface area (Å²) in [4.78, 5) is 0.177. The number of halogens is 1. The zero-order valence-electron chi connectivity index (χ0n) is 11.7. The molecule has 1 saturated heterocycles. The van der Waals surface area contributed by atoms with Crippen LogP contribution in [0.5, 0.6) is 0 Å². The average molecular weight is 317 g/mol. The molecular weight excluding hydrogens is 296 g/mol. The van der Waals surface area contributed by atoms with Crippen molar-refractivity contribution >= 4 is 21.6 Å². The van der Waals surface area contributed by atoms with Crippen molar-refractivity contribution in [2.24, 2.45) is 11.7 Å². The molecule has 0 aliphatic carbocycles. The van der Waals surface area contributed by atoms with Gasteiger partial charge in [0.25, 0.3) is 0 Å². The summed E-state index contributed by atoms with van der Waals surface area (Å²) in [5, 5.41) is 0.263. The smallest absolute Gasteiger partial charge is 0.244 e. The van der Waals surface area contributed by atoms with E-state index in [0.29, 0.717) is 25.6 Å². The molecule has 1 atom stereocenters. The largest absolute Gasteiger partial charge is 0.326 e. The van der Waals surface area contributed by atoms with Crippen LogP contribution in [-0.4, -0.2) is 25.8 Å². The molecule has 1 aliphatic heterocycles. The van der Waals surface area contributed by atoms with Crippen LogP contribution < -0.4 is 5.73 Å². The van der Waals surface area contributed by atoms with E-state index in [1.807, 2.05) is 0 Å². The standard InChI is InChI=1S/C14H21ClN2O2S/c1-11-3-2-7-17(8-6-11)20(18,19)14-9-12(10-16)4-5-13(14)15/h4-5,9,11H,2-3,6-8,10,16H2,1H3. The van der Waals surface area contributed by atoms with Gasteiger partial charge >= 0.3 is 0 Å². The second-order valence-corrected chi connectivity index (χ2v) is 7.72. The molecule has 2 N–H and O–H groups in total. The zero-order valence-corrected chi connectivity index (χ0v) is 13.3. The van der Waals surface area contributed by atoms with Gasteiger partial charge in [-0.05, 0) is 42.9 Å². The van der Waals surface area contributed by atoms with Crippen molar-refractivity contribution < 1.29 is 8.42 Å². The fourth-order valence-electron chi connectivity index (χ4n) is 2.49. The molecular formula is C14H21ClN2O2S. The average Bonchev–Trinajstić information content (AvgIpc) is 2.64. The molecule has 1 aromatic rings. The molecule has 0 aromatic heterocycles. The van der Waals surface area contributed by atoms with Crippen molar-refractivity contribution in [3.63, 3.8) is 0 Å². The number of hydrogen-bond donors (Lipinski definition) is 1. The third-order valence-electron chi connectivity index (χ3n) is 3.82. The molecule has 112 valence electrons. The summed E-state index contributed by atoms with van der Waals surface area (Å²) >= 11 is 6.08. The van der Waals surface area contributed by atoms with Gasteiger partial charge in [0, 0.05) is 19.6 Å². The van der Waals surface area contributed by atoms with Gasteiger partial charge in [0.15, 0.2) is 0 Å². The molecule has 0 radical (unpaired) electrons. The van der Waals surface area contributed by atoms with Crippen LogP contribution in [0.1, 0.15) is 31.7 Å². The van der Waals surface area contributed by atoms with E-state index in [1.54, 1.807) is 22.5 Å². The Balaban J connectivity index is 2.34. The van der Waals surface area contributed by atoms with Gasteiger partial charge in [-0.15, -0.1) is 0 Å². The summed E-state index contributed by atoms with van der Waals surface area (Å²) in [6.45, 7) is 3.59. The van der Waals surface area contributed by atoms with Crippen molar-refractivity contribution in [2.45, 2.75) is 37.6 Å². The predicted molar refractivity (Wildman–Crippen MR) is 81.1 cm³/mol. The van der Waals surface area contributed by atoms with E-state index in [9.17, 15) is 8.42 Å². The van der Waals surface area contributed by atoms with E-state index < -0.39 is 10.0 Å². The zero-order chi connectivity index (χ0) is 14.8. The highest BCUT2D eigenvalue weighted by atomic mass is 35.5. The number of hydrogen-bond acceptors (Lipinski definition) is 3. The van der Waals surface area contributed by atoms with Crippen LogP contribution in [0.25, 0.3) is 0 Å². The predicted octanol–water partition coefficient (Wildman–Crippen LogP) is 2.61. The topological polar surface area (TPSA) is 63.4 Å². The van der Waals surface area contributed by atoms with E-state index in [1.165, 1.54) is 0 Å². The fraction of sp³-hybridized carbons (Fsp3) is 0.571. The highest BCUT2D eigenvalue weighted by Gasteiger charge is 2.28. The van der Waals surface area contributed by atoms with Crippen molar-refractivity contribution in [3.8, 4) is 0 Å². The lowest BCUT2D eigenvalue weighted by Crippen LogP contribution is -2.32. The van der Waals surface area contributed by atoms with Gasteiger partial charge in [-0.2, -0.15) is 4.31 Å². The SMILES string of the molecule is CC1CCCN(S(=O)(=O)c2cc(CN)ccc2Cl)CC1. The molecule has 6 heteroatoms. The van der Waals surface area contributed by atoms with Gasteiger partial charge in [0.1, 0.15) is 4.90 Å². The fourth-order valence-corrected chi connectivity index (χ4v) is 4.51. The number of sulfonamides is 1. The van der Waals surface area contributed by atoms with Crippen molar-refractivity contribution in [1.29, 1.82) is 0 Å². The van der Waals surface area contributed by atoms with Gasteiger partial charge in [0.05, 0.1) is 5.02 Å². The van der Waals surface area contributed by atoms with E-state index in [0.717, 1.165) is 24.8 Å². The molecule has 0 amide bonds. The summed E-state index contributed by atoms with van der Waals surface area (Å²) in [7, 11) is -3.53. The second kappa shape index (κ2) is 6.43. The van der Waals surface area contributed by atoms with Crippen molar-refractivity contribution in [1.82, 2.24) is 4.31 Å². The number of benzene rings is 1. The highest BCUT2D eigenvalue weighted by Crippen LogP contribution is 2.28. The monoisotopic (exact) mass is 316 g/mol. The van der Waals surface area contributed by atoms with E-state index in [2.05, 4.69) is 6.92 Å². The lowest BCUT2D eigenvalue weighted by Gasteiger charge is -2.21. The molecule has 1 heterocycles. The van der Waals surface area contributed by atoms with E-state index in [-0.39, 0.29) is 9.92 Å². The number of nitrogens with two attached hydrogens (primary N) is 1. The third-order valence-corrected chi connectivity index (χ3v) is 6.21. The van der Waals surface area contributed by atoms with Crippen LogP contribution in [0.15, 0.2) is 23.1 Å². The second-order valence-electron chi connectivity index (χ2n) is 5.41. The maximum Gasteiger partial charge on any atom is 0.244 e. The normalized spacial score (nSPS) is 21.6. The van der Waals surface area contributed by atoms with Crippen LogP contribution in [0.4, 0.5) is 0 Å². The minimum Gasteiger partial charge on any atom is -0.326 e. The Bertz CT molecular complexity index is 575. The number of nitrogens with zero attached hydrogens (tertiary/aromatic N) is 1. The van der Waals surface area contributed by atoms with Gasteiger partial charge in [0.2, 0.25) is 10.0 Å². The molecule has 0 bridgehead atoms. The van der Waals surface area contributed by atoms with E-state index >= 15 is 0 Å². The van der Waals surface area contributed by atoms with Crippen molar-refractivity contribution in [3.05, 3.63) is 28.8 Å². The van der Waals surface area contributed by atoms with Crippen molar-refractivity contribution in [2.75, 3.05) is 13.1 Å². The first-order chi connectivity index (χ1) is 9.45. The first-order valence-corrected chi connectivity index (χ1v) is 8.75. The van der Waals surface area contributed by atoms with Gasteiger partial charge in [-0.1, -0.05) is 24.6 Å². The van der Waals surface area contributed by atoms with Crippen LogP contribution in [0.3, 0.4) is 0 Å². The summed E-state index contributed by atoms with van der Waals surface area (Å²) < 4.78 is 27.0. The Morgan fingerprint density at radius 2 is 2.10 bits per heavy atom. The van der Waals surface area contributed by atoms with E-state index in [4.69, 9.17) is 17.3 Å². The molecule has 1 aromatic carbocycles. The van der Waals surface area contributed by atoms with Gasteiger partial charge in [-0.3, -0.25) is 0 Å². The Morgan fingerprint density at radius 3 is 2.80 bits per heavy atom. The minimum absolute atomic E-state index is 0.177. The molecule has 0 spiro atoms. The first-order valence-electron chi connectivity index (χ1n) is 6.94. The first kappa shape index (κ1) is 15.8. The third kappa shape index (κ3) is 3.34. The maximum atomic E-state index is 12.7. The lowest BCUT2D eigenvalue weighted by molar-refractivity contribution is 0.417. The molecule has 1 unspecified atom stereocenters. The van der Waals surface area contributed by atoms with Crippen LogP contribution in [-0.2, 0) is 16.6 Å². The number of rotatable bonds is 3. The van der Waals surface area contributed by atoms with Crippen LogP contribution in [0, 0.1) is 5.92 Å². The Kier molecular flexibility index (Phi) is 5.07. The Morgan fingerprint density at radius 1 is 1.35 bits per heavy atom. The molecule has 1 fully saturated rings. The highest BCUT2D eigenvalue weighted by molar-refractivity contribution is 7.89. The Hall–Kier alpha value is -0.620. The minimum atomic E-state index is -3.53. The van der Waals surface area contributed by atoms with Gasteiger partial charge < -0.3 is 5.73 Å². The summed E-state index contributed by atoms with van der Waals surface area (Å²) in [5.74, 6) is 0.570. The van der Waals surface area contributed by atoms with Gasteiger partial charge in [-0.25, -0.2) is 8.42 Å². The van der Waals surface area contributed by atoms with Crippen LogP contribution >= 0.6 is 11.6 Å². The molecule has 4 nitrogen and oxygen atoms in total. The maximum absolute atomic E-state index is 12.7.